The Hall–Kier alpha value is -2.46. The smallest absolute Gasteiger partial charge is 0.247 e. The number of morpholine rings is 1. The maximum absolute atomic E-state index is 13.0. The van der Waals surface area contributed by atoms with Crippen LogP contribution in [0.15, 0.2) is 53.6 Å². The van der Waals surface area contributed by atoms with Gasteiger partial charge in [0, 0.05) is 25.2 Å². The zero-order valence-corrected chi connectivity index (χ0v) is 22.1. The fourth-order valence-electron chi connectivity index (χ4n) is 4.49. The summed E-state index contributed by atoms with van der Waals surface area (Å²) in [5, 5.41) is 22.6. The molecule has 0 aliphatic carbocycles. The molecule has 0 aromatic heterocycles. The lowest BCUT2D eigenvalue weighted by molar-refractivity contribution is -0.162. The SMILES string of the molecule is CCC/C(=C\C=C(/C)C(C)(C)O)C(=O)NCCC1(CCC)CN(CC#N)CC(c2ccccc2)O1. The Balaban J connectivity index is 2.15. The number of amides is 1. The van der Waals surface area contributed by atoms with E-state index in [2.05, 4.69) is 35.3 Å². The molecule has 0 saturated carbocycles. The van der Waals surface area contributed by atoms with Gasteiger partial charge < -0.3 is 15.2 Å². The van der Waals surface area contributed by atoms with Gasteiger partial charge in [0.05, 0.1) is 29.9 Å². The molecule has 35 heavy (non-hydrogen) atoms. The van der Waals surface area contributed by atoms with Crippen molar-refractivity contribution < 1.29 is 14.6 Å². The number of nitrogens with one attached hydrogen (secondary N) is 1. The lowest BCUT2D eigenvalue weighted by Crippen LogP contribution is -2.54. The average molecular weight is 482 g/mol. The van der Waals surface area contributed by atoms with Crippen LogP contribution in [0.25, 0.3) is 0 Å². The molecule has 1 heterocycles. The third-order valence-electron chi connectivity index (χ3n) is 6.68. The number of ether oxygens (including phenoxy) is 1. The van der Waals surface area contributed by atoms with Gasteiger partial charge in [0.25, 0.3) is 0 Å². The fraction of sp³-hybridized carbons (Fsp3) is 0.586. The van der Waals surface area contributed by atoms with Crippen LogP contribution in [0.4, 0.5) is 0 Å². The molecule has 1 amide bonds. The summed E-state index contributed by atoms with van der Waals surface area (Å²) in [5.74, 6) is -0.0809. The second kappa shape index (κ2) is 13.6. The van der Waals surface area contributed by atoms with Crippen molar-refractivity contribution >= 4 is 5.91 Å². The average Bonchev–Trinajstić information content (AvgIpc) is 2.81. The molecule has 192 valence electrons. The minimum Gasteiger partial charge on any atom is -0.386 e. The number of allylic oxidation sites excluding steroid dienone is 2. The van der Waals surface area contributed by atoms with Crippen LogP contribution in [0, 0.1) is 11.3 Å². The van der Waals surface area contributed by atoms with Gasteiger partial charge in [0.1, 0.15) is 0 Å². The summed E-state index contributed by atoms with van der Waals surface area (Å²) < 4.78 is 6.73. The normalized spacial score (nSPS) is 22.0. The molecule has 0 radical (unpaired) electrons. The van der Waals surface area contributed by atoms with Crippen molar-refractivity contribution in [1.29, 1.82) is 5.26 Å². The molecule has 2 unspecified atom stereocenters. The van der Waals surface area contributed by atoms with Gasteiger partial charge in [-0.25, -0.2) is 0 Å². The van der Waals surface area contributed by atoms with Gasteiger partial charge in [-0.2, -0.15) is 5.26 Å². The maximum atomic E-state index is 13.0. The van der Waals surface area contributed by atoms with E-state index in [0.29, 0.717) is 44.6 Å². The summed E-state index contributed by atoms with van der Waals surface area (Å²) in [4.78, 5) is 15.2. The van der Waals surface area contributed by atoms with Gasteiger partial charge >= 0.3 is 0 Å². The molecule has 2 rings (SSSR count). The van der Waals surface area contributed by atoms with E-state index in [1.807, 2.05) is 44.2 Å². The Morgan fingerprint density at radius 2 is 1.97 bits per heavy atom. The molecule has 6 nitrogen and oxygen atoms in total. The fourth-order valence-corrected chi connectivity index (χ4v) is 4.49. The van der Waals surface area contributed by atoms with Gasteiger partial charge in [-0.1, -0.05) is 69.2 Å². The van der Waals surface area contributed by atoms with Crippen LogP contribution >= 0.6 is 0 Å². The van der Waals surface area contributed by atoms with Crippen molar-refractivity contribution in [3.63, 3.8) is 0 Å². The van der Waals surface area contributed by atoms with Crippen LogP contribution < -0.4 is 5.32 Å². The van der Waals surface area contributed by atoms with Gasteiger partial charge in [0.15, 0.2) is 0 Å². The molecule has 6 heteroatoms. The molecular formula is C29H43N3O3. The van der Waals surface area contributed by atoms with Gasteiger partial charge in [0.2, 0.25) is 5.91 Å². The molecule has 0 spiro atoms. The van der Waals surface area contributed by atoms with Crippen molar-refractivity contribution in [2.24, 2.45) is 0 Å². The third-order valence-corrected chi connectivity index (χ3v) is 6.68. The zero-order valence-electron chi connectivity index (χ0n) is 22.1. The molecular weight excluding hydrogens is 438 g/mol. The van der Waals surface area contributed by atoms with Crippen LogP contribution in [-0.4, -0.2) is 53.3 Å². The van der Waals surface area contributed by atoms with E-state index in [0.717, 1.165) is 30.4 Å². The number of carbonyl (C=O) groups excluding carboxylic acids is 1. The van der Waals surface area contributed by atoms with E-state index in [1.165, 1.54) is 0 Å². The third kappa shape index (κ3) is 8.92. The van der Waals surface area contributed by atoms with Crippen LogP contribution in [0.5, 0.6) is 0 Å². The second-order valence-electron chi connectivity index (χ2n) is 10.1. The van der Waals surface area contributed by atoms with E-state index in [4.69, 9.17) is 4.74 Å². The van der Waals surface area contributed by atoms with E-state index < -0.39 is 11.2 Å². The Kier molecular flexibility index (Phi) is 11.2. The Labute approximate surface area is 211 Å². The number of benzene rings is 1. The predicted molar refractivity (Wildman–Crippen MR) is 141 cm³/mol. The van der Waals surface area contributed by atoms with Crippen LogP contribution in [0.1, 0.15) is 78.4 Å². The number of nitrogens with zero attached hydrogens (tertiary/aromatic N) is 2. The molecule has 2 atom stereocenters. The van der Waals surface area contributed by atoms with Gasteiger partial charge in [-0.3, -0.25) is 9.69 Å². The summed E-state index contributed by atoms with van der Waals surface area (Å²) in [6.45, 7) is 11.8. The summed E-state index contributed by atoms with van der Waals surface area (Å²) in [6, 6.07) is 12.5. The molecule has 2 N–H and O–H groups in total. The lowest BCUT2D eigenvalue weighted by Gasteiger charge is -2.46. The number of aliphatic hydroxyl groups is 1. The topological polar surface area (TPSA) is 85.6 Å². The number of hydrogen-bond donors (Lipinski definition) is 2. The van der Waals surface area contributed by atoms with Crippen molar-refractivity contribution in [1.82, 2.24) is 10.2 Å². The number of nitriles is 1. The Morgan fingerprint density at radius 3 is 2.57 bits per heavy atom. The van der Waals surface area contributed by atoms with Crippen molar-refractivity contribution in [3.05, 3.63) is 59.2 Å². The van der Waals surface area contributed by atoms with E-state index >= 15 is 0 Å². The Bertz CT molecular complexity index is 911. The number of carbonyl (C=O) groups is 1. The maximum Gasteiger partial charge on any atom is 0.247 e. The number of hydrogen-bond acceptors (Lipinski definition) is 5. The van der Waals surface area contributed by atoms with Gasteiger partial charge in [-0.15, -0.1) is 0 Å². The van der Waals surface area contributed by atoms with Crippen molar-refractivity contribution in [2.45, 2.75) is 84.0 Å². The molecule has 1 aliphatic heterocycles. The molecule has 1 fully saturated rings. The highest BCUT2D eigenvalue weighted by Gasteiger charge is 2.40. The van der Waals surface area contributed by atoms with E-state index in [1.54, 1.807) is 13.8 Å². The van der Waals surface area contributed by atoms with E-state index in [-0.39, 0.29) is 12.0 Å². The first-order valence-electron chi connectivity index (χ1n) is 12.8. The lowest BCUT2D eigenvalue weighted by atomic mass is 9.89. The first kappa shape index (κ1) is 28.8. The molecule has 1 aliphatic rings. The molecule has 1 saturated heterocycles. The van der Waals surface area contributed by atoms with Crippen LogP contribution in [0.3, 0.4) is 0 Å². The Morgan fingerprint density at radius 1 is 1.26 bits per heavy atom. The largest absolute Gasteiger partial charge is 0.386 e. The van der Waals surface area contributed by atoms with Crippen molar-refractivity contribution in [2.75, 3.05) is 26.2 Å². The standard InChI is InChI=1S/C29H43N3O3/c1-6-11-25(15-14-23(3)28(4,5)34)27(33)31-19-17-29(16-7-2)22-32(20-18-30)21-26(35-29)24-12-9-8-10-13-24/h8-10,12-15,26,34H,6-7,11,16-17,19-22H2,1-5H3,(H,31,33)/b23-14+,25-15+. The monoisotopic (exact) mass is 481 g/mol. The first-order chi connectivity index (χ1) is 16.6. The summed E-state index contributed by atoms with van der Waals surface area (Å²) in [7, 11) is 0. The predicted octanol–water partition coefficient (Wildman–Crippen LogP) is 5.07. The molecule has 1 aromatic carbocycles. The van der Waals surface area contributed by atoms with Crippen LogP contribution in [-0.2, 0) is 9.53 Å². The summed E-state index contributed by atoms with van der Waals surface area (Å²) in [5.41, 5.74) is 1.28. The highest BCUT2D eigenvalue weighted by molar-refractivity contribution is 5.93. The van der Waals surface area contributed by atoms with Gasteiger partial charge in [-0.05, 0) is 51.2 Å². The van der Waals surface area contributed by atoms with E-state index in [9.17, 15) is 15.2 Å². The highest BCUT2D eigenvalue weighted by atomic mass is 16.5. The summed E-state index contributed by atoms with van der Waals surface area (Å²) >= 11 is 0. The molecule has 0 bridgehead atoms. The highest BCUT2D eigenvalue weighted by Crippen LogP contribution is 2.36. The minimum absolute atomic E-state index is 0.0809. The number of rotatable bonds is 12. The minimum atomic E-state index is -0.917. The first-order valence-corrected chi connectivity index (χ1v) is 12.8. The molecule has 1 aromatic rings. The zero-order chi connectivity index (χ0) is 25.9. The quantitative estimate of drug-likeness (QED) is 0.247. The summed E-state index contributed by atoms with van der Waals surface area (Å²) in [6.07, 6.45) is 7.57. The second-order valence-corrected chi connectivity index (χ2v) is 10.1. The van der Waals surface area contributed by atoms with Crippen LogP contribution in [0.2, 0.25) is 0 Å². The van der Waals surface area contributed by atoms with Crippen molar-refractivity contribution in [3.8, 4) is 6.07 Å².